The molecule has 0 atom stereocenters. The standard InChI is InChI=1S/C18H21ClN2O/c1-2-3-18(22)21-17-10-8-16(9-11-17)20-13-12-14-4-6-15(19)7-5-14/h4-11,20H,2-3,12-13H2,1H3,(H,21,22). The molecule has 3 nitrogen and oxygen atoms in total. The molecule has 2 aromatic carbocycles. The number of carbonyl (C=O) groups is 1. The molecule has 2 rings (SSSR count). The van der Waals surface area contributed by atoms with Gasteiger partial charge in [0.05, 0.1) is 0 Å². The summed E-state index contributed by atoms with van der Waals surface area (Å²) < 4.78 is 0. The molecular formula is C18H21ClN2O. The van der Waals surface area contributed by atoms with Crippen molar-refractivity contribution in [3.05, 3.63) is 59.1 Å². The lowest BCUT2D eigenvalue weighted by Crippen LogP contribution is -2.10. The second-order valence-electron chi connectivity index (χ2n) is 5.18. The third kappa shape index (κ3) is 5.41. The minimum atomic E-state index is 0.0611. The Morgan fingerprint density at radius 2 is 1.64 bits per heavy atom. The molecule has 0 heterocycles. The second kappa shape index (κ2) is 8.44. The van der Waals surface area contributed by atoms with Crippen molar-refractivity contribution in [3.63, 3.8) is 0 Å². The number of benzene rings is 2. The molecule has 2 N–H and O–H groups in total. The van der Waals surface area contributed by atoms with Gasteiger partial charge in [0.15, 0.2) is 0 Å². The van der Waals surface area contributed by atoms with Gasteiger partial charge < -0.3 is 10.6 Å². The molecule has 0 fully saturated rings. The molecule has 22 heavy (non-hydrogen) atoms. The smallest absolute Gasteiger partial charge is 0.224 e. The van der Waals surface area contributed by atoms with Crippen molar-refractivity contribution in [3.8, 4) is 0 Å². The highest BCUT2D eigenvalue weighted by Crippen LogP contribution is 2.15. The predicted octanol–water partition coefficient (Wildman–Crippen LogP) is 4.73. The molecule has 0 aliphatic carbocycles. The Kier molecular flexibility index (Phi) is 6.28. The van der Waals surface area contributed by atoms with Crippen LogP contribution in [-0.2, 0) is 11.2 Å². The first-order valence-corrected chi connectivity index (χ1v) is 7.93. The fourth-order valence-corrected chi connectivity index (χ4v) is 2.25. The van der Waals surface area contributed by atoms with Gasteiger partial charge in [0.1, 0.15) is 0 Å². The van der Waals surface area contributed by atoms with Crippen LogP contribution in [0.3, 0.4) is 0 Å². The van der Waals surface area contributed by atoms with E-state index in [0.717, 1.165) is 35.8 Å². The van der Waals surface area contributed by atoms with Crippen molar-refractivity contribution in [1.29, 1.82) is 0 Å². The first kappa shape index (κ1) is 16.4. The summed E-state index contributed by atoms with van der Waals surface area (Å²) in [5.74, 6) is 0.0611. The average molecular weight is 317 g/mol. The first-order chi connectivity index (χ1) is 10.7. The number of anilines is 2. The number of nitrogens with one attached hydrogen (secondary N) is 2. The van der Waals surface area contributed by atoms with Crippen LogP contribution in [-0.4, -0.2) is 12.5 Å². The van der Waals surface area contributed by atoms with Crippen LogP contribution in [0.15, 0.2) is 48.5 Å². The highest BCUT2D eigenvalue weighted by molar-refractivity contribution is 6.30. The van der Waals surface area contributed by atoms with Gasteiger partial charge in [-0.2, -0.15) is 0 Å². The van der Waals surface area contributed by atoms with Crippen molar-refractivity contribution in [2.24, 2.45) is 0 Å². The van der Waals surface area contributed by atoms with Gasteiger partial charge in [0, 0.05) is 29.4 Å². The third-order valence-electron chi connectivity index (χ3n) is 3.30. The van der Waals surface area contributed by atoms with Gasteiger partial charge in [0.2, 0.25) is 5.91 Å². The van der Waals surface area contributed by atoms with E-state index < -0.39 is 0 Å². The lowest BCUT2D eigenvalue weighted by Gasteiger charge is -2.09. The van der Waals surface area contributed by atoms with Gasteiger partial charge in [-0.15, -0.1) is 0 Å². The van der Waals surface area contributed by atoms with E-state index >= 15 is 0 Å². The van der Waals surface area contributed by atoms with E-state index in [-0.39, 0.29) is 5.91 Å². The molecule has 0 bridgehead atoms. The molecule has 0 aliphatic heterocycles. The van der Waals surface area contributed by atoms with Crippen LogP contribution in [0.5, 0.6) is 0 Å². The fraction of sp³-hybridized carbons (Fsp3) is 0.278. The van der Waals surface area contributed by atoms with Gasteiger partial charge in [0.25, 0.3) is 0 Å². The summed E-state index contributed by atoms with van der Waals surface area (Å²) in [5.41, 5.74) is 3.13. The van der Waals surface area contributed by atoms with Crippen LogP contribution in [0.1, 0.15) is 25.3 Å². The van der Waals surface area contributed by atoms with Gasteiger partial charge in [-0.3, -0.25) is 4.79 Å². The van der Waals surface area contributed by atoms with Crippen LogP contribution < -0.4 is 10.6 Å². The first-order valence-electron chi connectivity index (χ1n) is 7.55. The monoisotopic (exact) mass is 316 g/mol. The van der Waals surface area contributed by atoms with E-state index in [4.69, 9.17) is 11.6 Å². The number of amides is 1. The lowest BCUT2D eigenvalue weighted by molar-refractivity contribution is -0.116. The number of hydrogen-bond acceptors (Lipinski definition) is 2. The molecule has 0 aromatic heterocycles. The number of carbonyl (C=O) groups excluding carboxylic acids is 1. The molecule has 1 amide bonds. The Bertz CT molecular complexity index is 593. The summed E-state index contributed by atoms with van der Waals surface area (Å²) in [5, 5.41) is 7.01. The summed E-state index contributed by atoms with van der Waals surface area (Å²) in [6, 6.07) is 15.7. The van der Waals surface area contributed by atoms with Crippen LogP contribution >= 0.6 is 11.6 Å². The van der Waals surface area contributed by atoms with E-state index in [1.165, 1.54) is 5.56 Å². The Morgan fingerprint density at radius 1 is 1.00 bits per heavy atom. The van der Waals surface area contributed by atoms with Crippen LogP contribution in [0.25, 0.3) is 0 Å². The van der Waals surface area contributed by atoms with Crippen LogP contribution in [0.4, 0.5) is 11.4 Å². The van der Waals surface area contributed by atoms with E-state index in [0.29, 0.717) is 6.42 Å². The SMILES string of the molecule is CCCC(=O)Nc1ccc(NCCc2ccc(Cl)cc2)cc1. The van der Waals surface area contributed by atoms with E-state index in [2.05, 4.69) is 10.6 Å². The highest BCUT2D eigenvalue weighted by atomic mass is 35.5. The zero-order valence-corrected chi connectivity index (χ0v) is 13.5. The normalized spacial score (nSPS) is 10.3. The predicted molar refractivity (Wildman–Crippen MR) is 93.6 cm³/mol. The maximum atomic E-state index is 11.5. The maximum Gasteiger partial charge on any atom is 0.224 e. The zero-order chi connectivity index (χ0) is 15.8. The lowest BCUT2D eigenvalue weighted by atomic mass is 10.1. The molecule has 116 valence electrons. The van der Waals surface area contributed by atoms with Gasteiger partial charge in [-0.25, -0.2) is 0 Å². The second-order valence-corrected chi connectivity index (χ2v) is 5.62. The average Bonchev–Trinajstić information content (AvgIpc) is 2.51. The van der Waals surface area contributed by atoms with E-state index in [1.54, 1.807) is 0 Å². The Hall–Kier alpha value is -2.00. The van der Waals surface area contributed by atoms with Crippen molar-refractivity contribution >= 4 is 28.9 Å². The molecule has 0 aliphatic rings. The molecule has 0 radical (unpaired) electrons. The molecule has 4 heteroatoms. The van der Waals surface area contributed by atoms with Crippen molar-refractivity contribution in [2.75, 3.05) is 17.2 Å². The van der Waals surface area contributed by atoms with Gasteiger partial charge in [-0.05, 0) is 54.8 Å². The van der Waals surface area contributed by atoms with E-state index in [1.807, 2.05) is 55.5 Å². The molecule has 2 aromatic rings. The number of halogens is 1. The van der Waals surface area contributed by atoms with Crippen molar-refractivity contribution in [2.45, 2.75) is 26.2 Å². The topological polar surface area (TPSA) is 41.1 Å². The molecule has 0 saturated carbocycles. The fourth-order valence-electron chi connectivity index (χ4n) is 2.12. The molecular weight excluding hydrogens is 296 g/mol. The summed E-state index contributed by atoms with van der Waals surface area (Å²) in [6.45, 7) is 2.84. The number of hydrogen-bond donors (Lipinski definition) is 2. The maximum absolute atomic E-state index is 11.5. The highest BCUT2D eigenvalue weighted by Gasteiger charge is 2.00. The van der Waals surface area contributed by atoms with Crippen molar-refractivity contribution < 1.29 is 4.79 Å². The summed E-state index contributed by atoms with van der Waals surface area (Å²) in [7, 11) is 0. The minimum absolute atomic E-state index is 0.0611. The molecule has 0 unspecified atom stereocenters. The van der Waals surface area contributed by atoms with Crippen LogP contribution in [0.2, 0.25) is 5.02 Å². The quantitative estimate of drug-likeness (QED) is 0.775. The Balaban J connectivity index is 1.78. The van der Waals surface area contributed by atoms with Gasteiger partial charge >= 0.3 is 0 Å². The largest absolute Gasteiger partial charge is 0.385 e. The van der Waals surface area contributed by atoms with Crippen molar-refractivity contribution in [1.82, 2.24) is 0 Å². The van der Waals surface area contributed by atoms with E-state index in [9.17, 15) is 4.79 Å². The minimum Gasteiger partial charge on any atom is -0.385 e. The van der Waals surface area contributed by atoms with Gasteiger partial charge in [-0.1, -0.05) is 30.7 Å². The summed E-state index contributed by atoms with van der Waals surface area (Å²) in [6.07, 6.45) is 2.35. The molecule has 0 spiro atoms. The summed E-state index contributed by atoms with van der Waals surface area (Å²) >= 11 is 5.87. The zero-order valence-electron chi connectivity index (χ0n) is 12.7. The Labute approximate surface area is 136 Å². The number of rotatable bonds is 7. The van der Waals surface area contributed by atoms with Crippen LogP contribution in [0, 0.1) is 0 Å². The Morgan fingerprint density at radius 3 is 2.27 bits per heavy atom. The summed E-state index contributed by atoms with van der Waals surface area (Å²) in [4.78, 5) is 11.5. The third-order valence-corrected chi connectivity index (χ3v) is 3.55. The molecule has 0 saturated heterocycles.